The highest BCUT2D eigenvalue weighted by Crippen LogP contribution is 2.28. The maximum absolute atomic E-state index is 13.9. The zero-order chi connectivity index (χ0) is 15.8. The average molecular weight is 396 g/mol. The van der Waals surface area contributed by atoms with Gasteiger partial charge in [-0.05, 0) is 29.8 Å². The minimum absolute atomic E-state index is 0.136. The number of halogens is 3. The topological polar surface area (TPSA) is 88.0 Å². The van der Waals surface area contributed by atoms with Crippen molar-refractivity contribution in [1.82, 2.24) is 15.2 Å². The summed E-state index contributed by atoms with van der Waals surface area (Å²) in [6, 6.07) is 0. The predicted molar refractivity (Wildman–Crippen MR) is 80.0 cm³/mol. The second-order valence-corrected chi connectivity index (χ2v) is 6.70. The van der Waals surface area contributed by atoms with Gasteiger partial charge in [0.2, 0.25) is 5.13 Å². The van der Waals surface area contributed by atoms with Crippen molar-refractivity contribution in [2.45, 2.75) is 19.4 Å². The Hall–Kier alpha value is -1.16. The molecule has 1 amide bonds. The summed E-state index contributed by atoms with van der Waals surface area (Å²) in [5.74, 6) is -1.68. The van der Waals surface area contributed by atoms with Crippen LogP contribution in [0.3, 0.4) is 0 Å². The molecule has 0 saturated heterocycles. The van der Waals surface area contributed by atoms with E-state index in [1.54, 1.807) is 0 Å². The van der Waals surface area contributed by atoms with Crippen molar-refractivity contribution in [3.8, 4) is 0 Å². The molecule has 0 saturated carbocycles. The van der Waals surface area contributed by atoms with Crippen LogP contribution in [0.5, 0.6) is 0 Å². The number of nitrogens with one attached hydrogen (secondary N) is 1. The van der Waals surface area contributed by atoms with Crippen LogP contribution in [0.2, 0.25) is 5.15 Å². The number of carbonyl (C=O) groups is 1. The van der Waals surface area contributed by atoms with Crippen LogP contribution in [0, 0.1) is 5.82 Å². The second kappa shape index (κ2) is 5.91. The molecule has 2 N–H and O–H groups in total. The summed E-state index contributed by atoms with van der Waals surface area (Å²) in [4.78, 5) is 15.6. The van der Waals surface area contributed by atoms with Gasteiger partial charge in [-0.25, -0.2) is 9.37 Å². The van der Waals surface area contributed by atoms with Crippen LogP contribution in [-0.4, -0.2) is 26.2 Å². The monoisotopic (exact) mass is 394 g/mol. The van der Waals surface area contributed by atoms with E-state index in [4.69, 9.17) is 11.6 Å². The molecule has 0 bridgehead atoms. The van der Waals surface area contributed by atoms with Crippen molar-refractivity contribution >= 4 is 49.9 Å². The summed E-state index contributed by atoms with van der Waals surface area (Å²) in [6.07, 6.45) is 1.22. The molecule has 21 heavy (non-hydrogen) atoms. The summed E-state index contributed by atoms with van der Waals surface area (Å²) in [7, 11) is 0. The Balaban J connectivity index is 2.27. The molecule has 0 aliphatic carbocycles. The van der Waals surface area contributed by atoms with Crippen LogP contribution in [0.15, 0.2) is 10.7 Å². The van der Waals surface area contributed by atoms with E-state index < -0.39 is 22.5 Å². The standard InChI is InChI=1S/C11H9BrClFN4O2S/c1-11(2,20)9-17-18-10(21-9)16-8(19)5-4(12)3-15-7(13)6(5)14/h3,20H,1-2H3,(H,16,18,19). The van der Waals surface area contributed by atoms with Crippen molar-refractivity contribution in [3.63, 3.8) is 0 Å². The van der Waals surface area contributed by atoms with E-state index in [-0.39, 0.29) is 15.2 Å². The van der Waals surface area contributed by atoms with Crippen molar-refractivity contribution in [1.29, 1.82) is 0 Å². The van der Waals surface area contributed by atoms with Crippen LogP contribution in [0.4, 0.5) is 9.52 Å². The lowest BCUT2D eigenvalue weighted by molar-refractivity contribution is 0.0775. The molecule has 0 spiro atoms. The number of carbonyl (C=O) groups excluding carboxylic acids is 1. The van der Waals surface area contributed by atoms with Crippen molar-refractivity contribution in [2.24, 2.45) is 0 Å². The minimum atomic E-state index is -1.17. The zero-order valence-corrected chi connectivity index (χ0v) is 14.0. The number of nitrogens with zero attached hydrogens (tertiary/aromatic N) is 3. The van der Waals surface area contributed by atoms with Crippen LogP contribution < -0.4 is 5.32 Å². The molecule has 2 aromatic rings. The molecular weight excluding hydrogens is 387 g/mol. The van der Waals surface area contributed by atoms with E-state index in [0.29, 0.717) is 5.01 Å². The van der Waals surface area contributed by atoms with Gasteiger partial charge in [-0.2, -0.15) is 0 Å². The Morgan fingerprint density at radius 1 is 1.52 bits per heavy atom. The van der Waals surface area contributed by atoms with Gasteiger partial charge < -0.3 is 5.11 Å². The summed E-state index contributed by atoms with van der Waals surface area (Å²) < 4.78 is 14.0. The SMILES string of the molecule is CC(C)(O)c1nnc(NC(=O)c2c(Br)cnc(Cl)c2F)s1. The van der Waals surface area contributed by atoms with Crippen LogP contribution in [0.25, 0.3) is 0 Å². The number of hydrogen-bond acceptors (Lipinski definition) is 6. The molecule has 10 heteroatoms. The van der Waals surface area contributed by atoms with Crippen molar-refractivity contribution in [2.75, 3.05) is 5.32 Å². The van der Waals surface area contributed by atoms with Crippen molar-refractivity contribution in [3.05, 3.63) is 32.2 Å². The molecule has 2 heterocycles. The summed E-state index contributed by atoms with van der Waals surface area (Å²) in [5.41, 5.74) is -1.46. The van der Waals surface area contributed by atoms with Gasteiger partial charge >= 0.3 is 0 Å². The molecule has 0 radical (unpaired) electrons. The van der Waals surface area contributed by atoms with Gasteiger partial charge in [0.1, 0.15) is 10.6 Å². The van der Waals surface area contributed by atoms with Gasteiger partial charge in [-0.3, -0.25) is 10.1 Å². The lowest BCUT2D eigenvalue weighted by atomic mass is 10.2. The largest absolute Gasteiger partial charge is 0.383 e. The molecule has 112 valence electrons. The molecular formula is C11H9BrClFN4O2S. The number of hydrogen-bond donors (Lipinski definition) is 2. The molecule has 6 nitrogen and oxygen atoms in total. The van der Waals surface area contributed by atoms with Gasteiger partial charge in [0, 0.05) is 6.20 Å². The van der Waals surface area contributed by atoms with Crippen molar-refractivity contribution < 1.29 is 14.3 Å². The molecule has 2 aromatic heterocycles. The van der Waals surface area contributed by atoms with E-state index >= 15 is 0 Å². The maximum Gasteiger partial charge on any atom is 0.261 e. The third kappa shape index (κ3) is 3.54. The van der Waals surface area contributed by atoms with Gasteiger partial charge in [0.15, 0.2) is 11.0 Å². The fraction of sp³-hybridized carbons (Fsp3) is 0.273. The van der Waals surface area contributed by atoms with E-state index in [9.17, 15) is 14.3 Å². The highest BCUT2D eigenvalue weighted by molar-refractivity contribution is 9.10. The number of anilines is 1. The lowest BCUT2D eigenvalue weighted by Gasteiger charge is -2.11. The fourth-order valence-electron chi connectivity index (χ4n) is 1.33. The van der Waals surface area contributed by atoms with E-state index in [1.807, 2.05) is 0 Å². The minimum Gasteiger partial charge on any atom is -0.383 e. The smallest absolute Gasteiger partial charge is 0.261 e. The van der Waals surface area contributed by atoms with Gasteiger partial charge in [-0.1, -0.05) is 22.9 Å². The lowest BCUT2D eigenvalue weighted by Crippen LogP contribution is -2.15. The highest BCUT2D eigenvalue weighted by atomic mass is 79.9. The Bertz CT molecular complexity index is 704. The van der Waals surface area contributed by atoms with Crippen LogP contribution in [-0.2, 0) is 5.60 Å². The third-order valence-electron chi connectivity index (χ3n) is 2.33. The molecule has 0 fully saturated rings. The second-order valence-electron chi connectivity index (χ2n) is 4.51. The Labute approximate surface area is 136 Å². The van der Waals surface area contributed by atoms with E-state index in [1.165, 1.54) is 20.0 Å². The third-order valence-corrected chi connectivity index (χ3v) is 4.34. The van der Waals surface area contributed by atoms with Crippen LogP contribution in [0.1, 0.15) is 29.2 Å². The first-order chi connectivity index (χ1) is 9.70. The fourth-order valence-corrected chi connectivity index (χ4v) is 2.67. The first-order valence-corrected chi connectivity index (χ1v) is 7.56. The molecule has 2 rings (SSSR count). The molecule has 0 aromatic carbocycles. The van der Waals surface area contributed by atoms with E-state index in [2.05, 4.69) is 36.4 Å². The van der Waals surface area contributed by atoms with Gasteiger partial charge in [0.25, 0.3) is 5.91 Å². The normalized spacial score (nSPS) is 11.5. The zero-order valence-electron chi connectivity index (χ0n) is 10.8. The predicted octanol–water partition coefficient (Wildman–Crippen LogP) is 2.97. The quantitative estimate of drug-likeness (QED) is 0.780. The number of rotatable bonds is 3. The Kier molecular flexibility index (Phi) is 4.57. The maximum atomic E-state index is 13.9. The number of aromatic nitrogens is 3. The summed E-state index contributed by atoms with van der Waals surface area (Å²) in [6.45, 7) is 3.08. The Morgan fingerprint density at radius 2 is 2.19 bits per heavy atom. The highest BCUT2D eigenvalue weighted by Gasteiger charge is 2.24. The van der Waals surface area contributed by atoms with Crippen LogP contribution >= 0.6 is 38.9 Å². The molecule has 0 unspecified atom stereocenters. The van der Waals surface area contributed by atoms with E-state index in [0.717, 1.165) is 11.3 Å². The number of pyridine rings is 1. The van der Waals surface area contributed by atoms with Gasteiger partial charge in [-0.15, -0.1) is 10.2 Å². The number of amides is 1. The first-order valence-electron chi connectivity index (χ1n) is 5.57. The number of aliphatic hydroxyl groups is 1. The molecule has 0 aliphatic heterocycles. The molecule has 0 atom stereocenters. The summed E-state index contributed by atoms with van der Waals surface area (Å²) >= 11 is 9.58. The van der Waals surface area contributed by atoms with Gasteiger partial charge in [0.05, 0.1) is 10.0 Å². The summed E-state index contributed by atoms with van der Waals surface area (Å²) in [5, 5.41) is 19.7. The Morgan fingerprint density at radius 3 is 2.76 bits per heavy atom. The average Bonchev–Trinajstić information content (AvgIpc) is 2.83. The first kappa shape index (κ1) is 16.2. The molecule has 0 aliphatic rings.